The third-order valence-electron chi connectivity index (χ3n) is 3.40. The van der Waals surface area contributed by atoms with Crippen LogP contribution in [0.15, 0.2) is 24.3 Å². The third kappa shape index (κ3) is 4.22. The first-order valence-corrected chi connectivity index (χ1v) is 6.99. The van der Waals surface area contributed by atoms with Crippen LogP contribution in [-0.4, -0.2) is 24.4 Å². The predicted molar refractivity (Wildman–Crippen MR) is 74.1 cm³/mol. The lowest BCUT2D eigenvalue weighted by molar-refractivity contribution is 0.233. The highest BCUT2D eigenvalue weighted by atomic mass is 16.5. The minimum Gasteiger partial charge on any atom is -0.494 e. The van der Waals surface area contributed by atoms with Crippen molar-refractivity contribution in [2.45, 2.75) is 44.6 Å². The van der Waals surface area contributed by atoms with Crippen LogP contribution in [0.2, 0.25) is 0 Å². The van der Waals surface area contributed by atoms with Crippen LogP contribution in [0.5, 0.6) is 5.75 Å². The van der Waals surface area contributed by atoms with Gasteiger partial charge < -0.3 is 15.2 Å². The minimum absolute atomic E-state index is 0.182. The Morgan fingerprint density at radius 1 is 1.11 bits per heavy atom. The average molecular weight is 249 g/mol. The number of aliphatic hydroxyl groups is 1. The topological polar surface area (TPSA) is 41.5 Å². The number of hydrogen-bond acceptors (Lipinski definition) is 3. The summed E-state index contributed by atoms with van der Waals surface area (Å²) in [4.78, 5) is 0. The molecule has 18 heavy (non-hydrogen) atoms. The molecule has 0 aliphatic heterocycles. The van der Waals surface area contributed by atoms with E-state index in [9.17, 15) is 0 Å². The molecule has 100 valence electrons. The standard InChI is InChI=1S/C15H23NO2/c17-11-4-12-18-15-9-7-14(8-10-15)16-13-5-2-1-3-6-13/h7-10,13,16-17H,1-6,11-12H2. The lowest BCUT2D eigenvalue weighted by Crippen LogP contribution is -2.22. The Bertz CT molecular complexity index is 331. The number of nitrogens with one attached hydrogen (secondary N) is 1. The van der Waals surface area contributed by atoms with Crippen molar-refractivity contribution in [1.29, 1.82) is 0 Å². The van der Waals surface area contributed by atoms with E-state index in [1.165, 1.54) is 37.8 Å². The van der Waals surface area contributed by atoms with E-state index < -0.39 is 0 Å². The molecular weight excluding hydrogens is 226 g/mol. The first-order chi connectivity index (χ1) is 8.88. The summed E-state index contributed by atoms with van der Waals surface area (Å²) in [5.74, 6) is 0.873. The summed E-state index contributed by atoms with van der Waals surface area (Å²) in [6.45, 7) is 0.757. The number of hydrogen-bond donors (Lipinski definition) is 2. The van der Waals surface area contributed by atoms with Gasteiger partial charge in [0.1, 0.15) is 5.75 Å². The monoisotopic (exact) mass is 249 g/mol. The number of benzene rings is 1. The van der Waals surface area contributed by atoms with E-state index >= 15 is 0 Å². The summed E-state index contributed by atoms with van der Waals surface area (Å²) in [6.07, 6.45) is 7.33. The predicted octanol–water partition coefficient (Wildman–Crippen LogP) is 3.19. The van der Waals surface area contributed by atoms with Gasteiger partial charge in [0.25, 0.3) is 0 Å². The first-order valence-electron chi connectivity index (χ1n) is 6.99. The molecule has 0 bridgehead atoms. The van der Waals surface area contributed by atoms with Crippen LogP contribution in [-0.2, 0) is 0 Å². The van der Waals surface area contributed by atoms with E-state index in [-0.39, 0.29) is 6.61 Å². The molecule has 0 atom stereocenters. The number of rotatable bonds is 6. The maximum absolute atomic E-state index is 8.68. The maximum Gasteiger partial charge on any atom is 0.119 e. The Kier molecular flexibility index (Phi) is 5.34. The van der Waals surface area contributed by atoms with Crippen LogP contribution in [0.25, 0.3) is 0 Å². The van der Waals surface area contributed by atoms with Crippen LogP contribution in [0.4, 0.5) is 5.69 Å². The molecule has 1 fully saturated rings. The van der Waals surface area contributed by atoms with Crippen LogP contribution < -0.4 is 10.1 Å². The molecule has 1 aromatic carbocycles. The molecule has 0 aromatic heterocycles. The Labute approximate surface area is 109 Å². The highest BCUT2D eigenvalue weighted by Crippen LogP contribution is 2.23. The summed E-state index contributed by atoms with van der Waals surface area (Å²) in [7, 11) is 0. The smallest absolute Gasteiger partial charge is 0.119 e. The van der Waals surface area contributed by atoms with Gasteiger partial charge in [0.2, 0.25) is 0 Å². The quantitative estimate of drug-likeness (QED) is 0.761. The molecule has 1 aliphatic carbocycles. The van der Waals surface area contributed by atoms with Crippen molar-refractivity contribution in [2.24, 2.45) is 0 Å². The van der Waals surface area contributed by atoms with Gasteiger partial charge in [0.15, 0.2) is 0 Å². The number of anilines is 1. The fraction of sp³-hybridized carbons (Fsp3) is 0.600. The molecule has 0 amide bonds. The average Bonchev–Trinajstić information content (AvgIpc) is 2.42. The molecule has 0 heterocycles. The van der Waals surface area contributed by atoms with E-state index in [1.54, 1.807) is 0 Å². The Morgan fingerprint density at radius 3 is 2.50 bits per heavy atom. The van der Waals surface area contributed by atoms with Gasteiger partial charge in [-0.3, -0.25) is 0 Å². The minimum atomic E-state index is 0.182. The van der Waals surface area contributed by atoms with Crippen molar-refractivity contribution in [2.75, 3.05) is 18.5 Å². The van der Waals surface area contributed by atoms with Crippen molar-refractivity contribution in [3.05, 3.63) is 24.3 Å². The summed E-state index contributed by atoms with van der Waals surface area (Å²) in [6, 6.07) is 8.76. The van der Waals surface area contributed by atoms with E-state index in [1.807, 2.05) is 12.1 Å². The molecule has 1 aliphatic rings. The summed E-state index contributed by atoms with van der Waals surface area (Å²) in [5, 5.41) is 12.3. The molecule has 0 radical (unpaired) electrons. The summed E-state index contributed by atoms with van der Waals surface area (Å²) < 4.78 is 5.50. The molecule has 0 saturated heterocycles. The van der Waals surface area contributed by atoms with Crippen molar-refractivity contribution in [3.8, 4) is 5.75 Å². The van der Waals surface area contributed by atoms with Gasteiger partial charge in [-0.15, -0.1) is 0 Å². The Balaban J connectivity index is 1.79. The van der Waals surface area contributed by atoms with Crippen molar-refractivity contribution >= 4 is 5.69 Å². The molecule has 1 saturated carbocycles. The van der Waals surface area contributed by atoms with Gasteiger partial charge in [-0.05, 0) is 37.1 Å². The zero-order chi connectivity index (χ0) is 12.6. The molecule has 2 rings (SSSR count). The van der Waals surface area contributed by atoms with Crippen molar-refractivity contribution < 1.29 is 9.84 Å². The van der Waals surface area contributed by atoms with E-state index in [4.69, 9.17) is 9.84 Å². The Morgan fingerprint density at radius 2 is 1.83 bits per heavy atom. The fourth-order valence-electron chi connectivity index (χ4n) is 2.38. The van der Waals surface area contributed by atoms with Gasteiger partial charge in [-0.1, -0.05) is 19.3 Å². The largest absolute Gasteiger partial charge is 0.494 e. The molecule has 0 spiro atoms. The molecule has 1 aromatic rings. The van der Waals surface area contributed by atoms with E-state index in [0.29, 0.717) is 19.1 Å². The normalized spacial score (nSPS) is 16.5. The third-order valence-corrected chi connectivity index (χ3v) is 3.40. The number of ether oxygens (including phenoxy) is 1. The van der Waals surface area contributed by atoms with Gasteiger partial charge in [0, 0.05) is 24.8 Å². The second kappa shape index (κ2) is 7.27. The highest BCUT2D eigenvalue weighted by Gasteiger charge is 2.12. The lowest BCUT2D eigenvalue weighted by Gasteiger charge is -2.23. The molecule has 3 heteroatoms. The highest BCUT2D eigenvalue weighted by molar-refractivity contribution is 5.47. The Hall–Kier alpha value is -1.22. The second-order valence-corrected chi connectivity index (χ2v) is 4.93. The van der Waals surface area contributed by atoms with E-state index in [0.717, 1.165) is 5.75 Å². The fourth-order valence-corrected chi connectivity index (χ4v) is 2.38. The maximum atomic E-state index is 8.68. The van der Waals surface area contributed by atoms with Crippen LogP contribution >= 0.6 is 0 Å². The van der Waals surface area contributed by atoms with Gasteiger partial charge in [-0.25, -0.2) is 0 Å². The SMILES string of the molecule is OCCCOc1ccc(NC2CCCCC2)cc1. The first kappa shape index (κ1) is 13.2. The lowest BCUT2D eigenvalue weighted by atomic mass is 9.95. The van der Waals surface area contributed by atoms with Gasteiger partial charge >= 0.3 is 0 Å². The van der Waals surface area contributed by atoms with Crippen LogP contribution in [0.1, 0.15) is 38.5 Å². The van der Waals surface area contributed by atoms with Crippen LogP contribution in [0.3, 0.4) is 0 Å². The number of aliphatic hydroxyl groups excluding tert-OH is 1. The molecule has 2 N–H and O–H groups in total. The molecule has 0 unspecified atom stereocenters. The zero-order valence-corrected chi connectivity index (χ0v) is 10.9. The molecular formula is C15H23NO2. The summed E-state index contributed by atoms with van der Waals surface area (Å²) in [5.41, 5.74) is 1.18. The zero-order valence-electron chi connectivity index (χ0n) is 10.9. The second-order valence-electron chi connectivity index (χ2n) is 4.93. The van der Waals surface area contributed by atoms with Gasteiger partial charge in [-0.2, -0.15) is 0 Å². The van der Waals surface area contributed by atoms with Crippen molar-refractivity contribution in [1.82, 2.24) is 0 Å². The summed E-state index contributed by atoms with van der Waals surface area (Å²) >= 11 is 0. The van der Waals surface area contributed by atoms with Crippen molar-refractivity contribution in [3.63, 3.8) is 0 Å². The molecule has 3 nitrogen and oxygen atoms in total. The van der Waals surface area contributed by atoms with Gasteiger partial charge in [0.05, 0.1) is 6.61 Å². The van der Waals surface area contributed by atoms with Crippen LogP contribution in [0, 0.1) is 0 Å². The van der Waals surface area contributed by atoms with E-state index in [2.05, 4.69) is 17.4 Å².